The van der Waals surface area contributed by atoms with Crippen LogP contribution in [0.4, 0.5) is 0 Å². The van der Waals surface area contributed by atoms with Crippen LogP contribution in [0, 0.1) is 6.92 Å². The molecule has 1 aliphatic carbocycles. The highest BCUT2D eigenvalue weighted by Crippen LogP contribution is 2.32. The molecular formula is C11H15NO2S. The Morgan fingerprint density at radius 2 is 2.40 bits per heavy atom. The van der Waals surface area contributed by atoms with Gasteiger partial charge in [-0.15, -0.1) is 11.3 Å². The fraction of sp³-hybridized carbons (Fsp3) is 0.545. The van der Waals surface area contributed by atoms with Gasteiger partial charge >= 0.3 is 0 Å². The maximum absolute atomic E-state index is 11.9. The second-order valence-electron chi connectivity index (χ2n) is 4.18. The van der Waals surface area contributed by atoms with Gasteiger partial charge in [0.1, 0.15) is 0 Å². The Labute approximate surface area is 93.1 Å². The summed E-state index contributed by atoms with van der Waals surface area (Å²) in [7, 11) is 0. The number of carbonyl (C=O) groups excluding carboxylic acids is 1. The first kappa shape index (κ1) is 10.6. The van der Waals surface area contributed by atoms with E-state index in [0.29, 0.717) is 0 Å². The molecule has 0 bridgehead atoms. The number of amides is 1. The molecule has 0 saturated heterocycles. The fourth-order valence-electron chi connectivity index (χ4n) is 1.83. The third kappa shape index (κ3) is 1.92. The van der Waals surface area contributed by atoms with Gasteiger partial charge < -0.3 is 10.4 Å². The first-order valence-corrected chi connectivity index (χ1v) is 6.02. The maximum atomic E-state index is 11.9. The molecule has 0 spiro atoms. The summed E-state index contributed by atoms with van der Waals surface area (Å²) >= 11 is 1.45. The van der Waals surface area contributed by atoms with Gasteiger partial charge in [0.15, 0.2) is 0 Å². The molecule has 2 N–H and O–H groups in total. The van der Waals surface area contributed by atoms with Crippen LogP contribution >= 0.6 is 11.3 Å². The number of rotatable bonds is 3. The number of carbonyl (C=O) groups is 1. The first-order valence-electron chi connectivity index (χ1n) is 5.14. The number of aliphatic hydroxyl groups is 1. The van der Waals surface area contributed by atoms with E-state index < -0.39 is 0 Å². The molecule has 0 radical (unpaired) electrons. The van der Waals surface area contributed by atoms with Gasteiger partial charge in [-0.1, -0.05) is 0 Å². The van der Waals surface area contributed by atoms with Crippen LogP contribution in [0.5, 0.6) is 0 Å². The predicted octanol–water partition coefficient (Wildman–Crippen LogP) is 1.70. The van der Waals surface area contributed by atoms with Crippen molar-refractivity contribution < 1.29 is 9.90 Å². The summed E-state index contributed by atoms with van der Waals surface area (Å²) in [5, 5.41) is 14.1. The molecule has 1 fully saturated rings. The second-order valence-corrected chi connectivity index (χ2v) is 5.09. The van der Waals surface area contributed by atoms with Crippen molar-refractivity contribution in [3.8, 4) is 0 Å². The van der Waals surface area contributed by atoms with Crippen molar-refractivity contribution >= 4 is 17.2 Å². The topological polar surface area (TPSA) is 49.3 Å². The van der Waals surface area contributed by atoms with Gasteiger partial charge in [0.05, 0.1) is 17.0 Å². The Morgan fingerprint density at radius 1 is 1.67 bits per heavy atom. The summed E-state index contributed by atoms with van der Waals surface area (Å²) < 4.78 is 0. The Bertz CT molecular complexity index is 363. The number of hydrogen-bond donors (Lipinski definition) is 2. The Kier molecular flexibility index (Phi) is 2.80. The van der Waals surface area contributed by atoms with Crippen molar-refractivity contribution in [3.63, 3.8) is 0 Å². The third-order valence-corrected chi connectivity index (χ3v) is 4.08. The molecule has 0 aromatic carbocycles. The van der Waals surface area contributed by atoms with Crippen LogP contribution in [0.25, 0.3) is 0 Å². The van der Waals surface area contributed by atoms with Crippen LogP contribution < -0.4 is 5.32 Å². The van der Waals surface area contributed by atoms with Crippen molar-refractivity contribution in [3.05, 3.63) is 21.9 Å². The number of hydrogen-bond acceptors (Lipinski definition) is 3. The molecule has 1 heterocycles. The van der Waals surface area contributed by atoms with Crippen molar-refractivity contribution in [2.24, 2.45) is 0 Å². The molecule has 82 valence electrons. The molecular weight excluding hydrogens is 210 g/mol. The molecule has 15 heavy (non-hydrogen) atoms. The second kappa shape index (κ2) is 3.94. The van der Waals surface area contributed by atoms with E-state index in [0.717, 1.165) is 29.7 Å². The number of aliphatic hydroxyl groups excluding tert-OH is 1. The molecule has 1 aromatic rings. The van der Waals surface area contributed by atoms with E-state index in [-0.39, 0.29) is 18.1 Å². The zero-order valence-corrected chi connectivity index (χ0v) is 9.56. The normalized spacial score (nSPS) is 18.3. The lowest BCUT2D eigenvalue weighted by atomic mass is 9.77. The molecule has 0 aliphatic heterocycles. The van der Waals surface area contributed by atoms with Crippen LogP contribution in [0.3, 0.4) is 0 Å². The number of thiophene rings is 1. The zero-order chi connectivity index (χ0) is 10.9. The van der Waals surface area contributed by atoms with E-state index in [9.17, 15) is 9.90 Å². The quantitative estimate of drug-likeness (QED) is 0.822. The van der Waals surface area contributed by atoms with Crippen molar-refractivity contribution in [2.75, 3.05) is 6.61 Å². The summed E-state index contributed by atoms with van der Waals surface area (Å²) in [4.78, 5) is 12.6. The Balaban J connectivity index is 2.07. The van der Waals surface area contributed by atoms with E-state index in [1.807, 2.05) is 18.4 Å². The molecule has 1 amide bonds. The average molecular weight is 225 g/mol. The smallest absolute Gasteiger partial charge is 0.262 e. The molecule has 0 unspecified atom stereocenters. The van der Waals surface area contributed by atoms with Gasteiger partial charge in [-0.05, 0) is 43.2 Å². The highest BCUT2D eigenvalue weighted by atomic mass is 32.1. The lowest BCUT2D eigenvalue weighted by Crippen LogP contribution is -2.56. The molecule has 4 heteroatoms. The van der Waals surface area contributed by atoms with Crippen LogP contribution in [0.1, 0.15) is 34.5 Å². The summed E-state index contributed by atoms with van der Waals surface area (Å²) in [6, 6.07) is 1.94. The highest BCUT2D eigenvalue weighted by Gasteiger charge is 2.38. The van der Waals surface area contributed by atoms with E-state index in [4.69, 9.17) is 0 Å². The van der Waals surface area contributed by atoms with E-state index in [1.165, 1.54) is 11.3 Å². The van der Waals surface area contributed by atoms with Crippen molar-refractivity contribution in [2.45, 2.75) is 31.7 Å². The van der Waals surface area contributed by atoms with Gasteiger partial charge in [-0.2, -0.15) is 0 Å². The summed E-state index contributed by atoms with van der Waals surface area (Å²) in [6.45, 7) is 1.97. The van der Waals surface area contributed by atoms with Gasteiger partial charge in [-0.25, -0.2) is 0 Å². The molecule has 0 atom stereocenters. The van der Waals surface area contributed by atoms with E-state index >= 15 is 0 Å². The molecule has 1 saturated carbocycles. The van der Waals surface area contributed by atoms with Crippen LogP contribution in [-0.4, -0.2) is 23.2 Å². The van der Waals surface area contributed by atoms with E-state index in [1.54, 1.807) is 0 Å². The van der Waals surface area contributed by atoms with Crippen LogP contribution in [-0.2, 0) is 0 Å². The minimum Gasteiger partial charge on any atom is -0.394 e. The summed E-state index contributed by atoms with van der Waals surface area (Å²) in [6.07, 6.45) is 2.86. The number of nitrogens with one attached hydrogen (secondary N) is 1. The van der Waals surface area contributed by atoms with Crippen LogP contribution in [0.15, 0.2) is 11.4 Å². The first-order chi connectivity index (χ1) is 7.17. The zero-order valence-electron chi connectivity index (χ0n) is 8.75. The maximum Gasteiger partial charge on any atom is 0.262 e. The van der Waals surface area contributed by atoms with Gasteiger partial charge in [0, 0.05) is 0 Å². The minimum absolute atomic E-state index is 0.0448. The van der Waals surface area contributed by atoms with Crippen molar-refractivity contribution in [1.82, 2.24) is 5.32 Å². The molecule has 3 nitrogen and oxygen atoms in total. The van der Waals surface area contributed by atoms with Gasteiger partial charge in [0.2, 0.25) is 0 Å². The molecule has 1 aromatic heterocycles. The monoisotopic (exact) mass is 225 g/mol. The molecule has 2 rings (SSSR count). The van der Waals surface area contributed by atoms with Crippen LogP contribution in [0.2, 0.25) is 0 Å². The summed E-state index contributed by atoms with van der Waals surface area (Å²) in [5.41, 5.74) is 0.665. The highest BCUT2D eigenvalue weighted by molar-refractivity contribution is 7.12. The third-order valence-electron chi connectivity index (χ3n) is 3.06. The lowest BCUT2D eigenvalue weighted by molar-refractivity contribution is 0.0644. The summed E-state index contributed by atoms with van der Waals surface area (Å²) in [5.74, 6) is -0.0451. The SMILES string of the molecule is Cc1ccsc1C(=O)NC1(CO)CCC1. The predicted molar refractivity (Wildman–Crippen MR) is 60.2 cm³/mol. The van der Waals surface area contributed by atoms with E-state index in [2.05, 4.69) is 5.32 Å². The van der Waals surface area contributed by atoms with Crippen molar-refractivity contribution in [1.29, 1.82) is 0 Å². The molecule has 1 aliphatic rings. The Hall–Kier alpha value is -0.870. The standard InChI is InChI=1S/C11H15NO2S/c1-8-3-6-15-9(8)10(14)12-11(7-13)4-2-5-11/h3,6,13H,2,4-5,7H2,1H3,(H,12,14). The fourth-order valence-corrected chi connectivity index (χ4v) is 2.65. The van der Waals surface area contributed by atoms with Gasteiger partial charge in [-0.3, -0.25) is 4.79 Å². The van der Waals surface area contributed by atoms with Gasteiger partial charge in [0.25, 0.3) is 5.91 Å². The Morgan fingerprint density at radius 3 is 2.80 bits per heavy atom. The number of aryl methyl sites for hydroxylation is 1. The lowest BCUT2D eigenvalue weighted by Gasteiger charge is -2.40. The average Bonchev–Trinajstić information content (AvgIpc) is 2.58. The largest absolute Gasteiger partial charge is 0.394 e. The minimum atomic E-state index is -0.340.